The highest BCUT2D eigenvalue weighted by atomic mass is 32.2. The minimum absolute atomic E-state index is 0.0198. The van der Waals surface area contributed by atoms with Crippen LogP contribution in [0.2, 0.25) is 0 Å². The molecule has 10 heteroatoms. The second-order valence-electron chi connectivity index (χ2n) is 6.12. The molecular weight excluding hydrogens is 378 g/mol. The van der Waals surface area contributed by atoms with E-state index < -0.39 is 21.7 Å². The molecule has 0 spiro atoms. The minimum Gasteiger partial charge on any atom is -0.421 e. The van der Waals surface area contributed by atoms with Gasteiger partial charge in [-0.2, -0.15) is 0 Å². The first-order valence-corrected chi connectivity index (χ1v) is 9.50. The maximum atomic E-state index is 13.8. The lowest BCUT2D eigenvalue weighted by Crippen LogP contribution is -2.24. The number of aromatic nitrogens is 3. The van der Waals surface area contributed by atoms with Gasteiger partial charge in [0.15, 0.2) is 0 Å². The van der Waals surface area contributed by atoms with E-state index in [-0.39, 0.29) is 22.9 Å². The molecule has 3 aromatic rings. The van der Waals surface area contributed by atoms with Crippen molar-refractivity contribution in [1.82, 2.24) is 19.5 Å². The third kappa shape index (κ3) is 3.50. The van der Waals surface area contributed by atoms with E-state index in [0.717, 1.165) is 6.07 Å². The van der Waals surface area contributed by atoms with Crippen LogP contribution in [0.1, 0.15) is 22.8 Å². The molecule has 2 aromatic heterocycles. The van der Waals surface area contributed by atoms with E-state index in [9.17, 15) is 17.2 Å². The molecule has 0 unspecified atom stereocenters. The van der Waals surface area contributed by atoms with Crippen molar-refractivity contribution < 1.29 is 21.6 Å². The van der Waals surface area contributed by atoms with Crippen molar-refractivity contribution in [2.24, 2.45) is 7.05 Å². The average molecular weight is 396 g/mol. The van der Waals surface area contributed by atoms with Crippen molar-refractivity contribution in [3.63, 3.8) is 0 Å². The number of hydrogen-bond donors (Lipinski definition) is 1. The first-order chi connectivity index (χ1) is 12.6. The monoisotopic (exact) mass is 396 g/mol. The summed E-state index contributed by atoms with van der Waals surface area (Å²) in [6.45, 7) is 4.66. The van der Waals surface area contributed by atoms with Gasteiger partial charge in [-0.3, -0.25) is 0 Å². The fourth-order valence-corrected chi connectivity index (χ4v) is 4.32. The van der Waals surface area contributed by atoms with Gasteiger partial charge < -0.3 is 8.98 Å². The molecule has 0 aliphatic carbocycles. The van der Waals surface area contributed by atoms with E-state index >= 15 is 0 Å². The molecule has 0 amide bonds. The molecule has 0 radical (unpaired) electrons. The Kier molecular flexibility index (Phi) is 4.87. The number of aryl methyl sites for hydroxylation is 1. The van der Waals surface area contributed by atoms with Crippen LogP contribution in [-0.4, -0.2) is 23.2 Å². The zero-order valence-electron chi connectivity index (χ0n) is 15.2. The second kappa shape index (κ2) is 6.86. The van der Waals surface area contributed by atoms with E-state index in [2.05, 4.69) is 14.9 Å². The molecule has 3 rings (SSSR count). The average Bonchev–Trinajstić information content (AvgIpc) is 3.11. The molecule has 27 heavy (non-hydrogen) atoms. The molecular formula is C17H18F2N4O3S. The van der Waals surface area contributed by atoms with Gasteiger partial charge in [-0.25, -0.2) is 21.9 Å². The van der Waals surface area contributed by atoms with Crippen molar-refractivity contribution in [3.8, 4) is 11.5 Å². The van der Waals surface area contributed by atoms with Gasteiger partial charge in [0.25, 0.3) is 5.89 Å². The lowest BCUT2D eigenvalue weighted by Gasteiger charge is -2.09. The SMILES string of the molecule is Cc1nnc(-c2c(S(=O)(=O)NCc3ccc(F)cc3F)c(C)n(C)c2C)o1. The summed E-state index contributed by atoms with van der Waals surface area (Å²) in [5.41, 5.74) is 1.41. The number of nitrogens with one attached hydrogen (secondary N) is 1. The quantitative estimate of drug-likeness (QED) is 0.716. The van der Waals surface area contributed by atoms with Crippen LogP contribution in [0.5, 0.6) is 0 Å². The van der Waals surface area contributed by atoms with Crippen molar-refractivity contribution in [2.75, 3.05) is 0 Å². The van der Waals surface area contributed by atoms with Crippen LogP contribution in [0.3, 0.4) is 0 Å². The summed E-state index contributed by atoms with van der Waals surface area (Å²) >= 11 is 0. The van der Waals surface area contributed by atoms with E-state index in [1.807, 2.05) is 0 Å². The van der Waals surface area contributed by atoms with E-state index in [1.165, 1.54) is 6.07 Å². The van der Waals surface area contributed by atoms with E-state index in [4.69, 9.17) is 4.42 Å². The van der Waals surface area contributed by atoms with Crippen LogP contribution in [0.4, 0.5) is 8.78 Å². The fraction of sp³-hybridized carbons (Fsp3) is 0.294. The molecule has 0 saturated carbocycles. The lowest BCUT2D eigenvalue weighted by atomic mass is 10.2. The Hall–Kier alpha value is -2.59. The molecule has 0 fully saturated rings. The highest BCUT2D eigenvalue weighted by Gasteiger charge is 2.30. The molecule has 1 aromatic carbocycles. The topological polar surface area (TPSA) is 90.0 Å². The van der Waals surface area contributed by atoms with Gasteiger partial charge in [0.1, 0.15) is 16.5 Å². The maximum absolute atomic E-state index is 13.8. The Balaban J connectivity index is 2.03. The van der Waals surface area contributed by atoms with Crippen LogP contribution >= 0.6 is 0 Å². The van der Waals surface area contributed by atoms with Crippen LogP contribution < -0.4 is 4.72 Å². The molecule has 0 atom stereocenters. The number of nitrogens with zero attached hydrogens (tertiary/aromatic N) is 3. The summed E-state index contributed by atoms with van der Waals surface area (Å²) in [5, 5.41) is 7.68. The predicted octanol–water partition coefficient (Wildman–Crippen LogP) is 2.76. The number of sulfonamides is 1. The van der Waals surface area contributed by atoms with Gasteiger partial charge in [0.2, 0.25) is 15.9 Å². The molecule has 1 N–H and O–H groups in total. The summed E-state index contributed by atoms with van der Waals surface area (Å²) in [7, 11) is -2.33. The van der Waals surface area contributed by atoms with Crippen molar-refractivity contribution in [2.45, 2.75) is 32.2 Å². The van der Waals surface area contributed by atoms with Crippen LogP contribution in [-0.2, 0) is 23.6 Å². The molecule has 0 bridgehead atoms. The molecule has 0 aliphatic rings. The third-order valence-electron chi connectivity index (χ3n) is 4.40. The minimum atomic E-state index is -4.05. The molecule has 0 aliphatic heterocycles. The number of benzene rings is 1. The second-order valence-corrected chi connectivity index (χ2v) is 7.82. The Labute approximate surface area is 155 Å². The Morgan fingerprint density at radius 2 is 1.85 bits per heavy atom. The molecule has 2 heterocycles. The Morgan fingerprint density at radius 1 is 1.15 bits per heavy atom. The number of halogens is 2. The van der Waals surface area contributed by atoms with Gasteiger partial charge in [0, 0.05) is 43.5 Å². The Bertz CT molecular complexity index is 1120. The summed E-state index contributed by atoms with van der Waals surface area (Å²) in [6.07, 6.45) is 0. The zero-order valence-corrected chi connectivity index (χ0v) is 16.0. The molecule has 7 nitrogen and oxygen atoms in total. The first kappa shape index (κ1) is 19.2. The van der Waals surface area contributed by atoms with Crippen molar-refractivity contribution >= 4 is 10.0 Å². The predicted molar refractivity (Wildman–Crippen MR) is 93.3 cm³/mol. The van der Waals surface area contributed by atoms with Crippen LogP contribution in [0.15, 0.2) is 27.5 Å². The zero-order chi connectivity index (χ0) is 19.9. The van der Waals surface area contributed by atoms with Crippen LogP contribution in [0, 0.1) is 32.4 Å². The largest absolute Gasteiger partial charge is 0.421 e. The molecule has 144 valence electrons. The van der Waals surface area contributed by atoms with E-state index in [1.54, 1.807) is 32.4 Å². The highest BCUT2D eigenvalue weighted by Crippen LogP contribution is 2.34. The fourth-order valence-electron chi connectivity index (χ4n) is 2.81. The van der Waals surface area contributed by atoms with E-state index in [0.29, 0.717) is 28.9 Å². The summed E-state index contributed by atoms with van der Waals surface area (Å²) in [6, 6.07) is 2.96. The maximum Gasteiger partial charge on any atom is 0.250 e. The van der Waals surface area contributed by atoms with Gasteiger partial charge in [0.05, 0.1) is 5.56 Å². The molecule has 0 saturated heterocycles. The lowest BCUT2D eigenvalue weighted by molar-refractivity contribution is 0.530. The first-order valence-electron chi connectivity index (χ1n) is 8.01. The number of hydrogen-bond acceptors (Lipinski definition) is 5. The number of rotatable bonds is 5. The van der Waals surface area contributed by atoms with Gasteiger partial charge in [-0.05, 0) is 19.9 Å². The third-order valence-corrected chi connectivity index (χ3v) is 5.96. The van der Waals surface area contributed by atoms with Gasteiger partial charge in [-0.1, -0.05) is 6.07 Å². The van der Waals surface area contributed by atoms with Crippen LogP contribution in [0.25, 0.3) is 11.5 Å². The van der Waals surface area contributed by atoms with Gasteiger partial charge >= 0.3 is 0 Å². The summed E-state index contributed by atoms with van der Waals surface area (Å²) in [5.74, 6) is -1.17. The Morgan fingerprint density at radius 3 is 2.44 bits per heavy atom. The van der Waals surface area contributed by atoms with Gasteiger partial charge in [-0.15, -0.1) is 10.2 Å². The summed E-state index contributed by atoms with van der Waals surface area (Å²) in [4.78, 5) is -0.0198. The summed E-state index contributed by atoms with van der Waals surface area (Å²) < 4.78 is 62.2. The van der Waals surface area contributed by atoms with Crippen molar-refractivity contribution in [3.05, 3.63) is 52.7 Å². The smallest absolute Gasteiger partial charge is 0.250 e. The normalized spacial score (nSPS) is 11.9. The highest BCUT2D eigenvalue weighted by molar-refractivity contribution is 7.89. The standard InChI is InChI=1S/C17H18F2N4O3S/c1-9-15(17-22-21-11(3)26-17)16(10(2)23(9)4)27(24,25)20-8-12-5-6-13(18)7-14(12)19/h5-7,20H,8H2,1-4H3. The van der Waals surface area contributed by atoms with Crippen molar-refractivity contribution in [1.29, 1.82) is 0 Å².